The number of rotatable bonds is 2. The average Bonchev–Trinajstić information content (AvgIpc) is 2.15. The molecule has 1 aliphatic rings. The highest BCUT2D eigenvalue weighted by Crippen LogP contribution is 2.20. The Hall–Kier alpha value is -0.280. The molecule has 1 fully saturated rings. The molecule has 0 aromatic heterocycles. The second-order valence-electron chi connectivity index (χ2n) is 2.83. The van der Waals surface area contributed by atoms with Gasteiger partial charge in [-0.2, -0.15) is 0 Å². The van der Waals surface area contributed by atoms with Crippen LogP contribution in [-0.2, 0) is 9.57 Å². The Morgan fingerprint density at radius 1 is 1.15 bits per heavy atom. The van der Waals surface area contributed by atoms with E-state index in [-0.39, 0.29) is 0 Å². The minimum absolute atomic E-state index is 0.495. The van der Waals surface area contributed by atoms with Crippen LogP contribution in [0.15, 0.2) is 0 Å². The molecule has 0 unspecified atom stereocenters. The van der Waals surface area contributed by atoms with Gasteiger partial charge in [0.05, 0.1) is 6.61 Å². The maximum atomic E-state index is 9.23. The van der Waals surface area contributed by atoms with Gasteiger partial charge in [0.25, 0.3) is 0 Å². The smallest absolute Gasteiger partial charge is 0.206 e. The third kappa shape index (κ3) is 1.97. The van der Waals surface area contributed by atoms with Crippen molar-refractivity contribution in [3.05, 3.63) is 0 Å². The first-order valence-corrected chi connectivity index (χ1v) is 3.78. The number of hydrogen-bond acceptors (Lipinski definition) is 7. The molecule has 0 aromatic carbocycles. The molecule has 6 N–H and O–H groups in total. The summed E-state index contributed by atoms with van der Waals surface area (Å²) in [6.45, 7) is -0.495. The molecule has 1 heterocycles. The van der Waals surface area contributed by atoms with E-state index in [9.17, 15) is 15.3 Å². The van der Waals surface area contributed by atoms with Gasteiger partial charge in [0, 0.05) is 0 Å². The minimum atomic E-state index is -1.44. The highest BCUT2D eigenvalue weighted by molar-refractivity contribution is 4.88. The van der Waals surface area contributed by atoms with E-state index in [1.54, 1.807) is 0 Å². The van der Waals surface area contributed by atoms with Crippen LogP contribution in [0.25, 0.3) is 0 Å². The van der Waals surface area contributed by atoms with Gasteiger partial charge in [0.1, 0.15) is 24.4 Å². The van der Waals surface area contributed by atoms with E-state index in [0.717, 1.165) is 0 Å². The molecule has 13 heavy (non-hydrogen) atoms. The monoisotopic (exact) mass is 195 g/mol. The summed E-state index contributed by atoms with van der Waals surface area (Å²) in [6.07, 6.45) is -6.48. The number of aliphatic hydroxyl groups excluding tert-OH is 4. The van der Waals surface area contributed by atoms with Crippen LogP contribution in [0.3, 0.4) is 0 Å². The first-order valence-electron chi connectivity index (χ1n) is 3.78. The zero-order valence-electron chi connectivity index (χ0n) is 6.78. The van der Waals surface area contributed by atoms with Gasteiger partial charge in [-0.3, -0.25) is 4.84 Å². The normalized spacial score (nSPS) is 46.4. The van der Waals surface area contributed by atoms with E-state index in [0.29, 0.717) is 0 Å². The average molecular weight is 195 g/mol. The van der Waals surface area contributed by atoms with Crippen molar-refractivity contribution in [2.75, 3.05) is 6.61 Å². The van der Waals surface area contributed by atoms with Crippen LogP contribution in [-0.4, -0.2) is 57.7 Å². The molecular formula is C6H13NO6. The van der Waals surface area contributed by atoms with Crippen molar-refractivity contribution in [3.8, 4) is 0 Å². The second-order valence-corrected chi connectivity index (χ2v) is 2.83. The van der Waals surface area contributed by atoms with Crippen molar-refractivity contribution in [2.24, 2.45) is 5.90 Å². The predicted octanol–water partition coefficient (Wildman–Crippen LogP) is -3.32. The molecule has 5 atom stereocenters. The molecule has 7 heteroatoms. The van der Waals surface area contributed by atoms with E-state index in [2.05, 4.69) is 4.84 Å². The molecule has 0 saturated carbocycles. The lowest BCUT2D eigenvalue weighted by Crippen LogP contribution is -2.59. The minimum Gasteiger partial charge on any atom is -0.394 e. The summed E-state index contributed by atoms with van der Waals surface area (Å²) >= 11 is 0. The van der Waals surface area contributed by atoms with E-state index in [1.165, 1.54) is 0 Å². The Labute approximate surface area is 74.3 Å². The highest BCUT2D eigenvalue weighted by Gasteiger charge is 2.43. The van der Waals surface area contributed by atoms with Crippen LogP contribution in [0.1, 0.15) is 0 Å². The van der Waals surface area contributed by atoms with Crippen LogP contribution in [0.2, 0.25) is 0 Å². The van der Waals surface area contributed by atoms with Crippen molar-refractivity contribution >= 4 is 0 Å². The van der Waals surface area contributed by atoms with Crippen LogP contribution in [0, 0.1) is 0 Å². The van der Waals surface area contributed by atoms with E-state index in [4.69, 9.17) is 15.7 Å². The molecule has 78 valence electrons. The summed E-state index contributed by atoms with van der Waals surface area (Å²) in [5.41, 5.74) is 0. The Balaban J connectivity index is 2.66. The Morgan fingerprint density at radius 3 is 2.23 bits per heavy atom. The van der Waals surface area contributed by atoms with E-state index >= 15 is 0 Å². The van der Waals surface area contributed by atoms with Crippen LogP contribution in [0.5, 0.6) is 0 Å². The fraction of sp³-hybridized carbons (Fsp3) is 1.00. The van der Waals surface area contributed by atoms with Gasteiger partial charge in [-0.05, 0) is 0 Å². The van der Waals surface area contributed by atoms with Gasteiger partial charge >= 0.3 is 0 Å². The summed E-state index contributed by atoms with van der Waals surface area (Å²) in [7, 11) is 0. The van der Waals surface area contributed by atoms with Crippen molar-refractivity contribution < 1.29 is 30.0 Å². The number of nitrogens with two attached hydrogens (primary N) is 1. The molecule has 7 nitrogen and oxygen atoms in total. The second kappa shape index (κ2) is 4.29. The van der Waals surface area contributed by atoms with Gasteiger partial charge in [-0.15, -0.1) is 0 Å². The summed E-state index contributed by atoms with van der Waals surface area (Å²) in [5, 5.41) is 36.4. The lowest BCUT2D eigenvalue weighted by atomic mass is 9.99. The summed E-state index contributed by atoms with van der Waals surface area (Å²) in [5.74, 6) is 4.76. The maximum Gasteiger partial charge on any atom is 0.206 e. The number of ether oxygens (including phenoxy) is 1. The largest absolute Gasteiger partial charge is 0.394 e. The Kier molecular flexibility index (Phi) is 3.56. The molecule has 0 radical (unpaired) electrons. The number of hydrogen-bond donors (Lipinski definition) is 5. The third-order valence-electron chi connectivity index (χ3n) is 1.98. The van der Waals surface area contributed by atoms with Crippen LogP contribution in [0.4, 0.5) is 0 Å². The van der Waals surface area contributed by atoms with E-state index in [1.807, 2.05) is 0 Å². The fourth-order valence-electron chi connectivity index (χ4n) is 1.18. The van der Waals surface area contributed by atoms with E-state index < -0.39 is 37.3 Å². The first-order chi connectivity index (χ1) is 6.11. The van der Waals surface area contributed by atoms with Crippen molar-refractivity contribution in [3.63, 3.8) is 0 Å². The molecule has 0 bridgehead atoms. The molecule has 0 aromatic rings. The zero-order valence-corrected chi connectivity index (χ0v) is 6.78. The summed E-state index contributed by atoms with van der Waals surface area (Å²) in [4.78, 5) is 4.20. The van der Waals surface area contributed by atoms with Gasteiger partial charge < -0.3 is 25.2 Å². The molecule has 1 aliphatic heterocycles. The quantitative estimate of drug-likeness (QED) is 0.292. The zero-order chi connectivity index (χ0) is 10.0. The molecule has 0 aliphatic carbocycles. The Bertz CT molecular complexity index is 147. The predicted molar refractivity (Wildman–Crippen MR) is 39.0 cm³/mol. The molecule has 1 rings (SSSR count). The molecular weight excluding hydrogens is 182 g/mol. The van der Waals surface area contributed by atoms with Crippen molar-refractivity contribution in [1.29, 1.82) is 0 Å². The molecule has 1 saturated heterocycles. The fourth-order valence-corrected chi connectivity index (χ4v) is 1.18. The summed E-state index contributed by atoms with van der Waals surface area (Å²) < 4.78 is 4.82. The molecule has 0 spiro atoms. The van der Waals surface area contributed by atoms with Gasteiger partial charge in [-0.1, -0.05) is 0 Å². The van der Waals surface area contributed by atoms with Crippen molar-refractivity contribution in [1.82, 2.24) is 0 Å². The molecule has 0 amide bonds. The third-order valence-corrected chi connectivity index (χ3v) is 1.98. The lowest BCUT2D eigenvalue weighted by molar-refractivity contribution is -0.302. The standard InChI is InChI=1S/C6H13NO6/c7-13-6-5(11)4(10)3(9)2(1-8)12-6/h2-6,8-11H,1,7H2/t2-,3+,4+,5-,6+/m1/s1. The van der Waals surface area contributed by atoms with Crippen LogP contribution < -0.4 is 5.90 Å². The van der Waals surface area contributed by atoms with Gasteiger partial charge in [0.15, 0.2) is 0 Å². The topological polar surface area (TPSA) is 125 Å². The van der Waals surface area contributed by atoms with Gasteiger partial charge in [0.2, 0.25) is 6.29 Å². The first kappa shape index (κ1) is 10.8. The highest BCUT2D eigenvalue weighted by atomic mass is 16.8. The van der Waals surface area contributed by atoms with Crippen molar-refractivity contribution in [2.45, 2.75) is 30.7 Å². The SMILES string of the molecule is NO[C@@H]1O[C@H](CO)[C@H](O)[C@H](O)[C@H]1O. The van der Waals surface area contributed by atoms with Gasteiger partial charge in [-0.25, -0.2) is 5.90 Å². The number of aliphatic hydroxyl groups is 4. The summed E-state index contributed by atoms with van der Waals surface area (Å²) in [6, 6.07) is 0. The maximum absolute atomic E-state index is 9.23. The lowest BCUT2D eigenvalue weighted by Gasteiger charge is -2.38. The van der Waals surface area contributed by atoms with Crippen LogP contribution >= 0.6 is 0 Å². The Morgan fingerprint density at radius 2 is 1.77 bits per heavy atom.